The molecule has 0 saturated heterocycles. The smallest absolute Gasteiger partial charge is 0.0991 e. The van der Waals surface area contributed by atoms with Crippen LogP contribution in [0.15, 0.2) is 54.6 Å². The Morgan fingerprint density at radius 2 is 2.00 bits per heavy atom. The molecule has 0 heterocycles. The lowest BCUT2D eigenvalue weighted by molar-refractivity contribution is 1.48. The van der Waals surface area contributed by atoms with Crippen molar-refractivity contribution in [2.75, 3.05) is 0 Å². The van der Waals surface area contributed by atoms with Gasteiger partial charge in [0.1, 0.15) is 0 Å². The molecule has 1 aromatic carbocycles. The maximum Gasteiger partial charge on any atom is 0.0991 e. The van der Waals surface area contributed by atoms with E-state index in [0.717, 1.165) is 11.1 Å². The first kappa shape index (κ1) is 11.0. The lowest BCUT2D eigenvalue weighted by Crippen LogP contribution is -1.74. The van der Waals surface area contributed by atoms with E-state index < -0.39 is 0 Å². The van der Waals surface area contributed by atoms with Crippen molar-refractivity contribution in [2.45, 2.75) is 6.92 Å². The molecule has 74 valence electrons. The average Bonchev–Trinajstić information content (AvgIpc) is 2.29. The Hall–Kier alpha value is -2.07. The summed E-state index contributed by atoms with van der Waals surface area (Å²) in [4.78, 5) is 0. The second-order valence-electron chi connectivity index (χ2n) is 3.21. The van der Waals surface area contributed by atoms with E-state index >= 15 is 0 Å². The number of nitriles is 1. The Morgan fingerprint density at radius 1 is 1.33 bits per heavy atom. The van der Waals surface area contributed by atoms with Gasteiger partial charge in [-0.25, -0.2) is 0 Å². The quantitative estimate of drug-likeness (QED) is 0.674. The molecule has 0 amide bonds. The van der Waals surface area contributed by atoms with Crippen molar-refractivity contribution < 1.29 is 0 Å². The summed E-state index contributed by atoms with van der Waals surface area (Å²) in [5.41, 5.74) is 2.90. The fourth-order valence-electron chi connectivity index (χ4n) is 1.05. The van der Waals surface area contributed by atoms with Crippen LogP contribution in [0.2, 0.25) is 0 Å². The predicted molar refractivity (Wildman–Crippen MR) is 64.1 cm³/mol. The number of benzene rings is 1. The van der Waals surface area contributed by atoms with E-state index in [0.29, 0.717) is 5.56 Å². The first-order valence-electron chi connectivity index (χ1n) is 4.74. The van der Waals surface area contributed by atoms with Crippen molar-refractivity contribution in [3.63, 3.8) is 0 Å². The van der Waals surface area contributed by atoms with Crippen LogP contribution >= 0.6 is 0 Å². The maximum atomic E-state index is 8.62. The van der Waals surface area contributed by atoms with Crippen LogP contribution in [-0.4, -0.2) is 0 Å². The molecule has 1 nitrogen and oxygen atoms in total. The summed E-state index contributed by atoms with van der Waals surface area (Å²) in [5.74, 6) is 0. The fraction of sp³-hybridized carbons (Fsp3) is 0.0714. The zero-order valence-electron chi connectivity index (χ0n) is 8.77. The summed E-state index contributed by atoms with van der Waals surface area (Å²) in [6.07, 6.45) is 7.76. The molecule has 1 rings (SSSR count). The molecule has 1 aromatic rings. The van der Waals surface area contributed by atoms with Crippen LogP contribution in [0, 0.1) is 11.3 Å². The third-order valence-electron chi connectivity index (χ3n) is 2.01. The van der Waals surface area contributed by atoms with Gasteiger partial charge in [-0.3, -0.25) is 0 Å². The molecule has 0 unspecified atom stereocenters. The summed E-state index contributed by atoms with van der Waals surface area (Å²) in [6.45, 7) is 5.67. The first-order chi connectivity index (χ1) is 7.26. The number of hydrogen-bond donors (Lipinski definition) is 0. The number of allylic oxidation sites excluding steroid dienone is 4. The van der Waals surface area contributed by atoms with Crippen molar-refractivity contribution >= 4 is 6.08 Å². The van der Waals surface area contributed by atoms with E-state index in [1.54, 1.807) is 0 Å². The zero-order chi connectivity index (χ0) is 11.1. The van der Waals surface area contributed by atoms with E-state index in [4.69, 9.17) is 5.26 Å². The average molecular weight is 195 g/mol. The highest BCUT2D eigenvalue weighted by Crippen LogP contribution is 2.05. The highest BCUT2D eigenvalue weighted by Gasteiger charge is 1.88. The molecule has 0 aromatic heterocycles. The molecular weight excluding hydrogens is 182 g/mol. The SMILES string of the molecule is C=C/C(C)=C\C=C\c1ccc(C#N)cc1. The molecule has 15 heavy (non-hydrogen) atoms. The van der Waals surface area contributed by atoms with E-state index in [1.807, 2.05) is 55.5 Å². The normalized spacial score (nSPS) is 11.3. The molecule has 0 aliphatic heterocycles. The Morgan fingerprint density at radius 3 is 2.53 bits per heavy atom. The summed E-state index contributed by atoms with van der Waals surface area (Å²) in [5, 5.41) is 8.62. The van der Waals surface area contributed by atoms with E-state index in [2.05, 4.69) is 12.6 Å². The zero-order valence-corrected chi connectivity index (χ0v) is 8.77. The second kappa shape index (κ2) is 5.62. The van der Waals surface area contributed by atoms with Gasteiger partial charge in [0, 0.05) is 0 Å². The molecule has 0 aliphatic carbocycles. The Kier molecular flexibility index (Phi) is 4.12. The number of hydrogen-bond acceptors (Lipinski definition) is 1. The molecule has 0 aliphatic rings. The lowest BCUT2D eigenvalue weighted by atomic mass is 10.1. The Bertz CT molecular complexity index is 427. The van der Waals surface area contributed by atoms with Gasteiger partial charge in [0.2, 0.25) is 0 Å². The summed E-state index contributed by atoms with van der Waals surface area (Å²) in [6, 6.07) is 9.55. The van der Waals surface area contributed by atoms with Crippen LogP contribution in [0.1, 0.15) is 18.1 Å². The van der Waals surface area contributed by atoms with Gasteiger partial charge in [-0.2, -0.15) is 5.26 Å². The van der Waals surface area contributed by atoms with Gasteiger partial charge in [-0.1, -0.05) is 48.6 Å². The third kappa shape index (κ3) is 3.66. The van der Waals surface area contributed by atoms with Crippen molar-refractivity contribution in [3.05, 3.63) is 65.8 Å². The molecule has 0 N–H and O–H groups in total. The molecular formula is C14H13N. The first-order valence-corrected chi connectivity index (χ1v) is 4.74. The predicted octanol–water partition coefficient (Wildman–Crippen LogP) is 3.70. The minimum Gasteiger partial charge on any atom is -0.192 e. The van der Waals surface area contributed by atoms with Gasteiger partial charge in [-0.05, 0) is 24.6 Å². The van der Waals surface area contributed by atoms with Crippen LogP contribution in [0.3, 0.4) is 0 Å². The molecule has 0 bridgehead atoms. The van der Waals surface area contributed by atoms with E-state index in [-0.39, 0.29) is 0 Å². The summed E-state index contributed by atoms with van der Waals surface area (Å²) >= 11 is 0. The minimum absolute atomic E-state index is 0.685. The van der Waals surface area contributed by atoms with Crippen LogP contribution in [0.5, 0.6) is 0 Å². The maximum absolute atomic E-state index is 8.62. The van der Waals surface area contributed by atoms with Gasteiger partial charge in [0.15, 0.2) is 0 Å². The van der Waals surface area contributed by atoms with Crippen molar-refractivity contribution in [3.8, 4) is 6.07 Å². The van der Waals surface area contributed by atoms with Crippen LogP contribution in [-0.2, 0) is 0 Å². The van der Waals surface area contributed by atoms with Gasteiger partial charge >= 0.3 is 0 Å². The van der Waals surface area contributed by atoms with Gasteiger partial charge in [0.05, 0.1) is 11.6 Å². The third-order valence-corrected chi connectivity index (χ3v) is 2.01. The standard InChI is InChI=1S/C14H13N/c1-3-12(2)5-4-6-13-7-9-14(11-15)10-8-13/h3-10H,1H2,2H3/b6-4+,12-5-. The highest BCUT2D eigenvalue weighted by atomic mass is 14.2. The van der Waals surface area contributed by atoms with Gasteiger partial charge < -0.3 is 0 Å². The van der Waals surface area contributed by atoms with Gasteiger partial charge in [-0.15, -0.1) is 0 Å². The molecule has 0 radical (unpaired) electrons. The molecule has 0 fully saturated rings. The van der Waals surface area contributed by atoms with Crippen molar-refractivity contribution in [1.29, 1.82) is 5.26 Å². The minimum atomic E-state index is 0.685. The van der Waals surface area contributed by atoms with Crippen molar-refractivity contribution in [2.24, 2.45) is 0 Å². The Balaban J connectivity index is 2.74. The number of rotatable bonds is 3. The molecule has 0 atom stereocenters. The second-order valence-corrected chi connectivity index (χ2v) is 3.21. The molecule has 0 saturated carbocycles. The monoisotopic (exact) mass is 195 g/mol. The van der Waals surface area contributed by atoms with Gasteiger partial charge in [0.25, 0.3) is 0 Å². The molecule has 0 spiro atoms. The van der Waals surface area contributed by atoms with Crippen LogP contribution in [0.25, 0.3) is 6.08 Å². The molecule has 1 heteroatoms. The van der Waals surface area contributed by atoms with E-state index in [1.165, 1.54) is 0 Å². The fourth-order valence-corrected chi connectivity index (χ4v) is 1.05. The van der Waals surface area contributed by atoms with Crippen molar-refractivity contribution in [1.82, 2.24) is 0 Å². The summed E-state index contributed by atoms with van der Waals surface area (Å²) < 4.78 is 0. The van der Waals surface area contributed by atoms with Crippen LogP contribution in [0.4, 0.5) is 0 Å². The highest BCUT2D eigenvalue weighted by molar-refractivity contribution is 5.53. The summed E-state index contributed by atoms with van der Waals surface area (Å²) in [7, 11) is 0. The van der Waals surface area contributed by atoms with Crippen LogP contribution < -0.4 is 0 Å². The number of nitrogens with zero attached hydrogens (tertiary/aromatic N) is 1. The largest absolute Gasteiger partial charge is 0.192 e. The topological polar surface area (TPSA) is 23.8 Å². The lowest BCUT2D eigenvalue weighted by Gasteiger charge is -1.92. The Labute approximate surface area is 90.7 Å². The van der Waals surface area contributed by atoms with E-state index in [9.17, 15) is 0 Å².